The smallest absolute Gasteiger partial charge is 0.168 e. The second-order valence-electron chi connectivity index (χ2n) is 9.54. The van der Waals surface area contributed by atoms with Gasteiger partial charge in [0.25, 0.3) is 0 Å². The van der Waals surface area contributed by atoms with E-state index in [1.807, 2.05) is 30.3 Å². The molecule has 192 valence electrons. The second-order valence-corrected chi connectivity index (χ2v) is 9.54. The zero-order valence-corrected chi connectivity index (χ0v) is 21.9. The molecule has 4 nitrogen and oxygen atoms in total. The topological polar surface area (TPSA) is 47.9 Å². The Morgan fingerprint density at radius 1 is 0.941 bits per heavy atom. The molecule has 2 rings (SSSR count). The summed E-state index contributed by atoms with van der Waals surface area (Å²) in [6, 6.07) is 10.0. The standard InChI is InChI=1S/C30H48O4/c1-4-7-8-9-10-11-12-13-14-15-16-20-23-27(31)29(32-24-26-21-18-17-19-22-26)28-25-33-30(5-2,6-3)34-28/h17-19,21-22,27-29,31H,4-16,24-25H2,1-3H3/t27-,28+,29+/m0/s1. The van der Waals surface area contributed by atoms with Gasteiger partial charge in [0.15, 0.2) is 5.79 Å². The summed E-state index contributed by atoms with van der Waals surface area (Å²) >= 11 is 0. The van der Waals surface area contributed by atoms with Crippen LogP contribution in [-0.2, 0) is 20.8 Å². The first kappa shape index (κ1) is 28.9. The number of hydrogen-bond acceptors (Lipinski definition) is 4. The first-order valence-electron chi connectivity index (χ1n) is 13.8. The van der Waals surface area contributed by atoms with Crippen LogP contribution in [0.25, 0.3) is 0 Å². The summed E-state index contributed by atoms with van der Waals surface area (Å²) in [4.78, 5) is 0. The predicted octanol–water partition coefficient (Wildman–Crippen LogP) is 7.18. The molecule has 1 heterocycles. The Kier molecular flexibility index (Phi) is 14.5. The molecule has 0 aliphatic carbocycles. The van der Waals surface area contributed by atoms with Crippen molar-refractivity contribution < 1.29 is 19.3 Å². The first-order chi connectivity index (χ1) is 16.6. The van der Waals surface area contributed by atoms with Gasteiger partial charge >= 0.3 is 0 Å². The van der Waals surface area contributed by atoms with Gasteiger partial charge in [-0.25, -0.2) is 0 Å². The maximum absolute atomic E-state index is 10.9. The molecular weight excluding hydrogens is 424 g/mol. The van der Waals surface area contributed by atoms with Gasteiger partial charge in [-0.1, -0.05) is 115 Å². The van der Waals surface area contributed by atoms with Crippen LogP contribution in [-0.4, -0.2) is 35.8 Å². The van der Waals surface area contributed by atoms with Gasteiger partial charge in [0.2, 0.25) is 0 Å². The van der Waals surface area contributed by atoms with E-state index < -0.39 is 18.0 Å². The van der Waals surface area contributed by atoms with Crippen LogP contribution in [0.2, 0.25) is 0 Å². The van der Waals surface area contributed by atoms with E-state index in [-0.39, 0.29) is 6.10 Å². The van der Waals surface area contributed by atoms with Crippen molar-refractivity contribution in [3.05, 3.63) is 35.9 Å². The van der Waals surface area contributed by atoms with E-state index in [0.29, 0.717) is 13.2 Å². The van der Waals surface area contributed by atoms with Crippen LogP contribution in [0.3, 0.4) is 0 Å². The summed E-state index contributed by atoms with van der Waals surface area (Å²) in [5, 5.41) is 10.9. The first-order valence-corrected chi connectivity index (χ1v) is 13.8. The largest absolute Gasteiger partial charge is 0.378 e. The molecule has 3 atom stereocenters. The molecule has 1 aliphatic heterocycles. The molecule has 1 N–H and O–H groups in total. The summed E-state index contributed by atoms with van der Waals surface area (Å²) in [5.41, 5.74) is 1.06. The van der Waals surface area contributed by atoms with Crippen molar-refractivity contribution in [2.45, 2.75) is 135 Å². The lowest BCUT2D eigenvalue weighted by Crippen LogP contribution is -2.42. The maximum atomic E-state index is 10.9. The molecule has 34 heavy (non-hydrogen) atoms. The summed E-state index contributed by atoms with van der Waals surface area (Å²) in [6.45, 7) is 7.22. The zero-order chi connectivity index (χ0) is 24.5. The second kappa shape index (κ2) is 17.1. The monoisotopic (exact) mass is 472 g/mol. The number of hydrogen-bond donors (Lipinski definition) is 1. The highest BCUT2D eigenvalue weighted by Crippen LogP contribution is 2.33. The van der Waals surface area contributed by atoms with Crippen LogP contribution in [0.4, 0.5) is 0 Å². The van der Waals surface area contributed by atoms with Crippen LogP contribution in [0.1, 0.15) is 110 Å². The zero-order valence-electron chi connectivity index (χ0n) is 21.9. The average Bonchev–Trinajstić information content (AvgIpc) is 3.30. The fourth-order valence-corrected chi connectivity index (χ4v) is 4.49. The number of ether oxygens (including phenoxy) is 3. The minimum Gasteiger partial charge on any atom is -0.378 e. The van der Waals surface area contributed by atoms with E-state index in [9.17, 15) is 5.11 Å². The van der Waals surface area contributed by atoms with Crippen molar-refractivity contribution in [3.63, 3.8) is 0 Å². The number of benzene rings is 1. The third kappa shape index (κ3) is 10.5. The number of rotatable bonds is 17. The van der Waals surface area contributed by atoms with Gasteiger partial charge in [-0.05, 0) is 24.8 Å². The van der Waals surface area contributed by atoms with Crippen LogP contribution < -0.4 is 0 Å². The predicted molar refractivity (Wildman–Crippen MR) is 139 cm³/mol. The van der Waals surface area contributed by atoms with E-state index in [1.165, 1.54) is 57.8 Å². The Bertz CT molecular complexity index is 689. The molecule has 0 saturated carbocycles. The molecule has 1 aromatic rings. The van der Waals surface area contributed by atoms with Gasteiger partial charge in [0.1, 0.15) is 18.3 Å². The molecule has 0 unspecified atom stereocenters. The van der Waals surface area contributed by atoms with E-state index in [1.54, 1.807) is 0 Å². The van der Waals surface area contributed by atoms with E-state index in [4.69, 9.17) is 14.2 Å². The quantitative estimate of drug-likeness (QED) is 0.193. The van der Waals surface area contributed by atoms with Crippen molar-refractivity contribution in [2.24, 2.45) is 0 Å². The van der Waals surface area contributed by atoms with E-state index in [0.717, 1.165) is 31.2 Å². The minimum absolute atomic E-state index is 0.328. The Morgan fingerprint density at radius 2 is 1.56 bits per heavy atom. The number of aliphatic hydroxyl groups excluding tert-OH is 1. The molecule has 1 aliphatic rings. The summed E-state index contributed by atoms with van der Waals surface area (Å²) in [5.74, 6) is 5.64. The summed E-state index contributed by atoms with van der Waals surface area (Å²) < 4.78 is 18.4. The van der Waals surface area contributed by atoms with E-state index in [2.05, 4.69) is 32.6 Å². The highest BCUT2D eigenvalue weighted by molar-refractivity contribution is 5.14. The molecule has 4 heteroatoms. The Labute approximate surface area is 208 Å². The molecule has 0 spiro atoms. The van der Waals surface area contributed by atoms with Gasteiger partial charge in [-0.2, -0.15) is 0 Å². The van der Waals surface area contributed by atoms with Gasteiger partial charge in [0, 0.05) is 6.42 Å². The van der Waals surface area contributed by atoms with Crippen LogP contribution in [0.5, 0.6) is 0 Å². The third-order valence-corrected chi connectivity index (χ3v) is 6.82. The van der Waals surface area contributed by atoms with Crippen molar-refractivity contribution in [2.75, 3.05) is 6.61 Å². The van der Waals surface area contributed by atoms with Gasteiger partial charge in [0.05, 0.1) is 13.2 Å². The van der Waals surface area contributed by atoms with Crippen molar-refractivity contribution in [1.82, 2.24) is 0 Å². The molecule has 0 bridgehead atoms. The van der Waals surface area contributed by atoms with Crippen LogP contribution >= 0.6 is 0 Å². The van der Waals surface area contributed by atoms with Crippen molar-refractivity contribution in [3.8, 4) is 11.8 Å². The third-order valence-electron chi connectivity index (χ3n) is 6.82. The fraction of sp³-hybridized carbons (Fsp3) is 0.733. The molecule has 0 aromatic heterocycles. The normalized spacial score (nSPS) is 18.9. The average molecular weight is 473 g/mol. The molecule has 1 saturated heterocycles. The summed E-state index contributed by atoms with van der Waals surface area (Å²) in [6.07, 6.45) is 13.7. The van der Waals surface area contributed by atoms with Crippen molar-refractivity contribution >= 4 is 0 Å². The van der Waals surface area contributed by atoms with Gasteiger partial charge < -0.3 is 19.3 Å². The number of aliphatic hydroxyl groups is 1. The van der Waals surface area contributed by atoms with E-state index >= 15 is 0 Å². The van der Waals surface area contributed by atoms with Crippen LogP contribution in [0.15, 0.2) is 30.3 Å². The van der Waals surface area contributed by atoms with Crippen LogP contribution in [0, 0.1) is 11.8 Å². The Balaban J connectivity index is 1.77. The highest BCUT2D eigenvalue weighted by Gasteiger charge is 2.44. The minimum atomic E-state index is -0.898. The fourth-order valence-electron chi connectivity index (χ4n) is 4.49. The van der Waals surface area contributed by atoms with Gasteiger partial charge in [-0.15, -0.1) is 5.92 Å². The molecule has 0 amide bonds. The SMILES string of the molecule is CCCCCCCCCCCCC#C[C@H](O)[C@@H](OCc1ccccc1)[C@H]1COC(CC)(CC)O1. The molecule has 1 aromatic carbocycles. The lowest BCUT2D eigenvalue weighted by Gasteiger charge is -2.28. The Hall–Kier alpha value is -1.38. The lowest BCUT2D eigenvalue weighted by molar-refractivity contribution is -0.192. The Morgan fingerprint density at radius 3 is 2.15 bits per heavy atom. The molecular formula is C30H48O4. The lowest BCUT2D eigenvalue weighted by atomic mass is 10.1. The number of unbranched alkanes of at least 4 members (excludes halogenated alkanes) is 10. The highest BCUT2D eigenvalue weighted by atomic mass is 16.8. The molecule has 0 radical (unpaired) electrons. The van der Waals surface area contributed by atoms with Crippen molar-refractivity contribution in [1.29, 1.82) is 0 Å². The maximum Gasteiger partial charge on any atom is 0.168 e. The van der Waals surface area contributed by atoms with Gasteiger partial charge in [-0.3, -0.25) is 0 Å². The summed E-state index contributed by atoms with van der Waals surface area (Å²) in [7, 11) is 0. The molecule has 1 fully saturated rings.